The van der Waals surface area contributed by atoms with Crippen LogP contribution >= 0.6 is 50.5 Å². The fourth-order valence-corrected chi connectivity index (χ4v) is 2.24. The lowest BCUT2D eigenvalue weighted by Gasteiger charge is -2.15. The van der Waals surface area contributed by atoms with Crippen molar-refractivity contribution >= 4 is 60.8 Å². The van der Waals surface area contributed by atoms with Gasteiger partial charge in [-0.3, -0.25) is 0 Å². The summed E-state index contributed by atoms with van der Waals surface area (Å²) in [6, 6.07) is 0. The van der Waals surface area contributed by atoms with E-state index in [9.17, 15) is 0 Å². The average Bonchev–Trinajstić information content (AvgIpc) is 1.64. The summed E-state index contributed by atoms with van der Waals surface area (Å²) in [4.78, 5) is 0.387. The van der Waals surface area contributed by atoms with E-state index in [0.717, 1.165) is 10.2 Å². The second kappa shape index (κ2) is 4.44. The maximum atomic E-state index is 4.23. The van der Waals surface area contributed by atoms with Gasteiger partial charge in [0.05, 0.1) is 4.58 Å². The summed E-state index contributed by atoms with van der Waals surface area (Å²) in [5.41, 5.74) is 0. The van der Waals surface area contributed by atoms with Crippen molar-refractivity contribution in [3.8, 4) is 0 Å². The normalized spacial score (nSPS) is 19.1. The first-order valence-corrected chi connectivity index (χ1v) is 5.50. The Labute approximate surface area is 75.3 Å². The molecule has 0 spiro atoms. The predicted octanol–water partition coefficient (Wildman–Crippen LogP) is 0.0918. The molecule has 0 aromatic rings. The molecule has 0 heterocycles. The van der Waals surface area contributed by atoms with Gasteiger partial charge in [0.15, 0.2) is 0 Å². The molecule has 0 rings (SSSR count). The van der Waals surface area contributed by atoms with Gasteiger partial charge >= 0.3 is 0 Å². The molecule has 5 heteroatoms. The molecule has 0 aliphatic rings. The molecule has 0 bridgehead atoms. The van der Waals surface area contributed by atoms with E-state index in [-0.39, 0.29) is 9.83 Å². The zero-order valence-electron chi connectivity index (χ0n) is 4.52. The SMILES string of the molecule is [SiH3]C(S)C(S)C(S)S. The van der Waals surface area contributed by atoms with Gasteiger partial charge < -0.3 is 0 Å². The van der Waals surface area contributed by atoms with Gasteiger partial charge in [0, 0.05) is 15.5 Å². The lowest BCUT2D eigenvalue weighted by Crippen LogP contribution is -2.21. The van der Waals surface area contributed by atoms with Gasteiger partial charge in [0.25, 0.3) is 0 Å². The number of hydrogen-bond acceptors (Lipinski definition) is 4. The minimum absolute atomic E-state index is 0.0540. The molecular weight excluding hydrogens is 192 g/mol. The third kappa shape index (κ3) is 3.61. The minimum atomic E-state index is 0.0540. The summed E-state index contributed by atoms with van der Waals surface area (Å²) in [7, 11) is 1.04. The zero-order chi connectivity index (χ0) is 6.73. The molecular formula is C3H10S4Si. The van der Waals surface area contributed by atoms with Crippen molar-refractivity contribution in [2.24, 2.45) is 0 Å². The highest BCUT2D eigenvalue weighted by atomic mass is 32.2. The number of hydrogen-bond donors (Lipinski definition) is 4. The molecule has 0 aromatic carbocycles. The van der Waals surface area contributed by atoms with Crippen LogP contribution in [0, 0.1) is 0 Å². The summed E-state index contributed by atoms with van der Waals surface area (Å²) in [5.74, 6) is 0. The van der Waals surface area contributed by atoms with E-state index in [2.05, 4.69) is 50.5 Å². The Morgan fingerprint density at radius 3 is 1.38 bits per heavy atom. The summed E-state index contributed by atoms with van der Waals surface area (Å²) < 4.78 is 0.0540. The van der Waals surface area contributed by atoms with E-state index >= 15 is 0 Å². The van der Waals surface area contributed by atoms with E-state index in [1.165, 1.54) is 0 Å². The van der Waals surface area contributed by atoms with Crippen LogP contribution in [0.2, 0.25) is 0 Å². The molecule has 0 aliphatic heterocycles. The van der Waals surface area contributed by atoms with E-state index in [4.69, 9.17) is 0 Å². The van der Waals surface area contributed by atoms with Crippen LogP contribution in [-0.4, -0.2) is 24.9 Å². The molecule has 0 saturated heterocycles. The summed E-state index contributed by atoms with van der Waals surface area (Å²) in [6.07, 6.45) is 0. The molecule has 0 aromatic heterocycles. The summed E-state index contributed by atoms with van der Waals surface area (Å²) in [5, 5.41) is 0.219. The van der Waals surface area contributed by atoms with Crippen LogP contribution in [0.25, 0.3) is 0 Å². The van der Waals surface area contributed by atoms with Gasteiger partial charge in [-0.2, -0.15) is 50.5 Å². The van der Waals surface area contributed by atoms with Crippen molar-refractivity contribution in [1.29, 1.82) is 0 Å². The Morgan fingerprint density at radius 2 is 1.38 bits per heavy atom. The fourth-order valence-electron chi connectivity index (χ4n) is 0.249. The first-order valence-electron chi connectivity index (χ1n) is 2.28. The lowest BCUT2D eigenvalue weighted by molar-refractivity contribution is 1.07. The molecule has 0 fully saturated rings. The molecule has 8 heavy (non-hydrogen) atoms. The van der Waals surface area contributed by atoms with Gasteiger partial charge in [-0.1, -0.05) is 0 Å². The maximum Gasteiger partial charge on any atom is 0.0565 e. The fraction of sp³-hybridized carbons (Fsp3) is 1.00. The molecule has 0 radical (unpaired) electrons. The summed E-state index contributed by atoms with van der Waals surface area (Å²) in [6.45, 7) is 0. The van der Waals surface area contributed by atoms with Gasteiger partial charge in [-0.25, -0.2) is 0 Å². The van der Waals surface area contributed by atoms with Crippen molar-refractivity contribution < 1.29 is 0 Å². The van der Waals surface area contributed by atoms with Crippen LogP contribution in [-0.2, 0) is 0 Å². The van der Waals surface area contributed by atoms with Crippen LogP contribution < -0.4 is 0 Å². The average molecular weight is 202 g/mol. The Hall–Kier alpha value is 1.62. The van der Waals surface area contributed by atoms with E-state index < -0.39 is 0 Å². The lowest BCUT2D eigenvalue weighted by atomic mass is 10.5. The third-order valence-corrected chi connectivity index (χ3v) is 4.49. The van der Waals surface area contributed by atoms with Crippen molar-refractivity contribution in [2.45, 2.75) is 14.7 Å². The highest BCUT2D eigenvalue weighted by molar-refractivity contribution is 8.01. The first-order chi connectivity index (χ1) is 3.55. The Kier molecular flexibility index (Phi) is 5.33. The Balaban J connectivity index is 3.46. The standard InChI is InChI=1S/C3H10S4Si/c4-1(2(5)6)3(7)8/h1-7H,8H3. The molecule has 0 aliphatic carbocycles. The molecule has 0 amide bonds. The Morgan fingerprint density at radius 1 is 1.00 bits per heavy atom. The first kappa shape index (κ1) is 9.62. The summed E-state index contributed by atoms with van der Waals surface area (Å²) >= 11 is 16.6. The van der Waals surface area contributed by atoms with Gasteiger partial charge in [-0.15, -0.1) is 0 Å². The number of rotatable bonds is 2. The van der Waals surface area contributed by atoms with Gasteiger partial charge in [0.2, 0.25) is 0 Å². The molecule has 0 N–H and O–H groups in total. The largest absolute Gasteiger partial charge is 0.179 e. The quantitative estimate of drug-likeness (QED) is 0.272. The van der Waals surface area contributed by atoms with Crippen molar-refractivity contribution in [3.63, 3.8) is 0 Å². The van der Waals surface area contributed by atoms with Crippen LogP contribution in [0.15, 0.2) is 0 Å². The van der Waals surface area contributed by atoms with Crippen LogP contribution in [0.5, 0.6) is 0 Å². The van der Waals surface area contributed by atoms with Crippen molar-refractivity contribution in [3.05, 3.63) is 0 Å². The van der Waals surface area contributed by atoms with E-state index in [1.54, 1.807) is 0 Å². The topological polar surface area (TPSA) is 0 Å². The molecule has 2 atom stereocenters. The van der Waals surface area contributed by atoms with Crippen LogP contribution in [0.4, 0.5) is 0 Å². The van der Waals surface area contributed by atoms with Crippen molar-refractivity contribution in [2.75, 3.05) is 0 Å². The zero-order valence-corrected chi connectivity index (χ0v) is 10.1. The van der Waals surface area contributed by atoms with Crippen LogP contribution in [0.3, 0.4) is 0 Å². The second-order valence-corrected chi connectivity index (χ2v) is 6.79. The molecule has 0 saturated carbocycles. The monoisotopic (exact) mass is 202 g/mol. The highest BCUT2D eigenvalue weighted by Crippen LogP contribution is 2.17. The Bertz CT molecular complexity index is 56.3. The minimum Gasteiger partial charge on any atom is -0.179 e. The van der Waals surface area contributed by atoms with Gasteiger partial charge in [0.1, 0.15) is 0 Å². The van der Waals surface area contributed by atoms with Crippen LogP contribution in [0.1, 0.15) is 0 Å². The van der Waals surface area contributed by atoms with E-state index in [0.29, 0.717) is 4.87 Å². The predicted molar refractivity (Wildman–Crippen MR) is 57.2 cm³/mol. The van der Waals surface area contributed by atoms with Gasteiger partial charge in [-0.05, 0) is 4.87 Å². The molecule has 50 valence electrons. The van der Waals surface area contributed by atoms with Crippen molar-refractivity contribution in [1.82, 2.24) is 0 Å². The smallest absolute Gasteiger partial charge is 0.0565 e. The molecule has 2 unspecified atom stereocenters. The maximum absolute atomic E-state index is 4.23. The van der Waals surface area contributed by atoms with E-state index in [1.807, 2.05) is 0 Å². The third-order valence-electron chi connectivity index (χ3n) is 0.800. The second-order valence-electron chi connectivity index (χ2n) is 1.64. The molecule has 0 nitrogen and oxygen atoms in total. The highest BCUT2D eigenvalue weighted by Gasteiger charge is 2.13. The number of thiol groups is 4.